The van der Waals surface area contributed by atoms with Crippen molar-refractivity contribution in [2.45, 2.75) is 45.5 Å². The van der Waals surface area contributed by atoms with Crippen molar-refractivity contribution >= 4 is 11.9 Å². The van der Waals surface area contributed by atoms with Gasteiger partial charge in [-0.1, -0.05) is 35.4 Å². The number of aryl methyl sites for hydroxylation is 2. The number of hydrogen-bond acceptors (Lipinski definition) is 5. The molecular formula is C22H24O5. The molecule has 0 radical (unpaired) electrons. The molecule has 0 spiro atoms. The van der Waals surface area contributed by atoms with Crippen molar-refractivity contribution in [2.75, 3.05) is 6.61 Å². The normalized spacial score (nSPS) is 21.7. The summed E-state index contributed by atoms with van der Waals surface area (Å²) >= 11 is 0. The van der Waals surface area contributed by atoms with Crippen LogP contribution in [0.1, 0.15) is 45.2 Å². The Labute approximate surface area is 159 Å². The minimum Gasteiger partial charge on any atom is -0.459 e. The lowest BCUT2D eigenvalue weighted by Crippen LogP contribution is -2.32. The molecule has 1 fully saturated rings. The monoisotopic (exact) mass is 368 g/mol. The third-order valence-corrected chi connectivity index (χ3v) is 4.60. The fourth-order valence-corrected chi connectivity index (χ4v) is 3.02. The summed E-state index contributed by atoms with van der Waals surface area (Å²) in [5.41, 5.74) is 3.13. The fourth-order valence-electron chi connectivity index (χ4n) is 3.02. The van der Waals surface area contributed by atoms with Crippen molar-refractivity contribution in [3.05, 3.63) is 70.8 Å². The van der Waals surface area contributed by atoms with Crippen molar-refractivity contribution in [1.29, 1.82) is 0 Å². The summed E-state index contributed by atoms with van der Waals surface area (Å²) in [6.07, 6.45) is -0.406. The van der Waals surface area contributed by atoms with E-state index in [1.165, 1.54) is 0 Å². The molecular weight excluding hydrogens is 344 g/mol. The van der Waals surface area contributed by atoms with Crippen LogP contribution in [-0.4, -0.2) is 36.9 Å². The summed E-state index contributed by atoms with van der Waals surface area (Å²) in [6.45, 7) is 5.87. The van der Waals surface area contributed by atoms with Crippen LogP contribution in [0.15, 0.2) is 48.5 Å². The zero-order chi connectivity index (χ0) is 19.4. The molecule has 2 aromatic carbocycles. The summed E-state index contributed by atoms with van der Waals surface area (Å²) in [5, 5.41) is 0. The number of carbonyl (C=O) groups is 2. The Morgan fingerprint density at radius 3 is 2.00 bits per heavy atom. The van der Waals surface area contributed by atoms with Crippen LogP contribution in [0, 0.1) is 13.8 Å². The summed E-state index contributed by atoms with van der Waals surface area (Å²) in [6, 6.07) is 14.4. The van der Waals surface area contributed by atoms with E-state index in [0.29, 0.717) is 17.5 Å². The van der Waals surface area contributed by atoms with Crippen molar-refractivity contribution in [2.24, 2.45) is 0 Å². The molecule has 0 amide bonds. The number of ether oxygens (including phenoxy) is 3. The molecule has 0 N–H and O–H groups in total. The van der Waals surface area contributed by atoms with Gasteiger partial charge >= 0.3 is 11.9 Å². The molecule has 3 atom stereocenters. The maximum Gasteiger partial charge on any atom is 0.338 e. The van der Waals surface area contributed by atoms with Crippen LogP contribution < -0.4 is 0 Å². The summed E-state index contributed by atoms with van der Waals surface area (Å²) in [7, 11) is 0. The van der Waals surface area contributed by atoms with Gasteiger partial charge in [0.15, 0.2) is 0 Å². The lowest BCUT2D eigenvalue weighted by Gasteiger charge is -2.19. The molecule has 27 heavy (non-hydrogen) atoms. The molecule has 0 aliphatic carbocycles. The second-order valence-corrected chi connectivity index (χ2v) is 7.00. The number of rotatable bonds is 5. The molecule has 3 rings (SSSR count). The Morgan fingerprint density at radius 2 is 1.44 bits per heavy atom. The van der Waals surface area contributed by atoms with E-state index in [1.54, 1.807) is 24.3 Å². The van der Waals surface area contributed by atoms with E-state index in [-0.39, 0.29) is 12.7 Å². The molecule has 0 unspecified atom stereocenters. The van der Waals surface area contributed by atoms with Gasteiger partial charge in [0.25, 0.3) is 0 Å². The molecule has 0 bridgehead atoms. The average Bonchev–Trinajstić information content (AvgIpc) is 3.00. The highest BCUT2D eigenvalue weighted by Crippen LogP contribution is 2.25. The average molecular weight is 368 g/mol. The highest BCUT2D eigenvalue weighted by atomic mass is 16.6. The van der Waals surface area contributed by atoms with Crippen LogP contribution in [0.4, 0.5) is 0 Å². The zero-order valence-corrected chi connectivity index (χ0v) is 15.8. The first kappa shape index (κ1) is 19.1. The molecule has 5 heteroatoms. The van der Waals surface area contributed by atoms with Crippen molar-refractivity contribution in [3.8, 4) is 0 Å². The largest absolute Gasteiger partial charge is 0.459 e. The molecule has 1 aliphatic heterocycles. The van der Waals surface area contributed by atoms with Crippen molar-refractivity contribution in [1.82, 2.24) is 0 Å². The predicted octanol–water partition coefficient (Wildman–Crippen LogP) is 3.86. The predicted molar refractivity (Wildman–Crippen MR) is 101 cm³/mol. The van der Waals surface area contributed by atoms with Gasteiger partial charge in [-0.05, 0) is 45.0 Å². The highest BCUT2D eigenvalue weighted by Gasteiger charge is 2.37. The maximum atomic E-state index is 12.4. The first-order valence-electron chi connectivity index (χ1n) is 9.09. The molecule has 0 saturated carbocycles. The Hall–Kier alpha value is -2.66. The van der Waals surface area contributed by atoms with Crippen LogP contribution in [0.25, 0.3) is 0 Å². The minimum atomic E-state index is -0.469. The van der Waals surface area contributed by atoms with Crippen LogP contribution in [0.2, 0.25) is 0 Å². The van der Waals surface area contributed by atoms with Gasteiger partial charge in [-0.2, -0.15) is 0 Å². The van der Waals surface area contributed by atoms with Gasteiger partial charge in [0.2, 0.25) is 0 Å². The summed E-state index contributed by atoms with van der Waals surface area (Å²) in [4.78, 5) is 24.6. The lowest BCUT2D eigenvalue weighted by atomic mass is 10.1. The first-order valence-corrected chi connectivity index (χ1v) is 9.09. The SMILES string of the molecule is Cc1ccc(C(=O)OC[C@H]2O[C@@H](C)C[C@H]2OC(=O)c2ccc(C)cc2)cc1. The standard InChI is InChI=1S/C22H24O5/c1-14-4-8-17(9-5-14)21(23)25-13-20-19(12-16(3)26-20)27-22(24)18-10-6-15(2)7-11-18/h4-11,16,19-20H,12-13H2,1-3H3/t16-,19+,20+/m0/s1. The molecule has 5 nitrogen and oxygen atoms in total. The van der Waals surface area contributed by atoms with Gasteiger partial charge in [0.1, 0.15) is 18.8 Å². The van der Waals surface area contributed by atoms with Crippen molar-refractivity contribution in [3.63, 3.8) is 0 Å². The zero-order valence-electron chi connectivity index (χ0n) is 15.8. The van der Waals surface area contributed by atoms with Gasteiger partial charge in [0.05, 0.1) is 17.2 Å². The Kier molecular flexibility index (Phi) is 5.91. The van der Waals surface area contributed by atoms with Crippen LogP contribution >= 0.6 is 0 Å². The Bertz CT molecular complexity index is 794. The quantitative estimate of drug-likeness (QED) is 0.750. The van der Waals surface area contributed by atoms with Crippen LogP contribution in [0.5, 0.6) is 0 Å². The minimum absolute atomic E-state index is 0.0445. The molecule has 1 aliphatic rings. The van der Waals surface area contributed by atoms with E-state index in [1.807, 2.05) is 45.0 Å². The highest BCUT2D eigenvalue weighted by molar-refractivity contribution is 5.90. The number of carbonyl (C=O) groups excluding carboxylic acids is 2. The van der Waals surface area contributed by atoms with Gasteiger partial charge < -0.3 is 14.2 Å². The molecule has 142 valence electrons. The van der Waals surface area contributed by atoms with Crippen LogP contribution in [0.3, 0.4) is 0 Å². The van der Waals surface area contributed by atoms with E-state index in [2.05, 4.69) is 0 Å². The summed E-state index contributed by atoms with van der Waals surface area (Å²) < 4.78 is 16.8. The molecule has 1 saturated heterocycles. The van der Waals surface area contributed by atoms with E-state index in [4.69, 9.17) is 14.2 Å². The summed E-state index contributed by atoms with van der Waals surface area (Å²) in [5.74, 6) is -0.811. The Balaban J connectivity index is 1.58. The van der Waals surface area contributed by atoms with Crippen molar-refractivity contribution < 1.29 is 23.8 Å². The second-order valence-electron chi connectivity index (χ2n) is 7.00. The smallest absolute Gasteiger partial charge is 0.338 e. The molecule has 2 aromatic rings. The van der Waals surface area contributed by atoms with E-state index >= 15 is 0 Å². The number of esters is 2. The first-order chi connectivity index (χ1) is 12.9. The van der Waals surface area contributed by atoms with Crippen LogP contribution in [-0.2, 0) is 14.2 Å². The van der Waals surface area contributed by atoms with E-state index in [9.17, 15) is 9.59 Å². The van der Waals surface area contributed by atoms with Gasteiger partial charge in [-0.15, -0.1) is 0 Å². The van der Waals surface area contributed by atoms with Gasteiger partial charge in [0, 0.05) is 6.42 Å². The number of hydrogen-bond donors (Lipinski definition) is 0. The third-order valence-electron chi connectivity index (χ3n) is 4.60. The molecule has 1 heterocycles. The third kappa shape index (κ3) is 4.95. The van der Waals surface area contributed by atoms with Gasteiger partial charge in [-0.25, -0.2) is 9.59 Å². The Morgan fingerprint density at radius 1 is 0.926 bits per heavy atom. The fraction of sp³-hybridized carbons (Fsp3) is 0.364. The number of benzene rings is 2. The van der Waals surface area contributed by atoms with Gasteiger partial charge in [-0.3, -0.25) is 0 Å². The molecule has 0 aromatic heterocycles. The lowest BCUT2D eigenvalue weighted by molar-refractivity contribution is -0.0394. The second kappa shape index (κ2) is 8.35. The van der Waals surface area contributed by atoms with E-state index < -0.39 is 24.1 Å². The van der Waals surface area contributed by atoms with E-state index in [0.717, 1.165) is 11.1 Å². The maximum absolute atomic E-state index is 12.4. The topological polar surface area (TPSA) is 61.8 Å².